The monoisotopic (exact) mass is 268 g/mol. The zero-order chi connectivity index (χ0) is 12.3. The zero-order valence-electron chi connectivity index (χ0n) is 9.66. The molecule has 0 saturated carbocycles. The number of nitrogens with zero attached hydrogens (tertiary/aromatic N) is 2. The highest BCUT2D eigenvalue weighted by Gasteiger charge is 2.07. The van der Waals surface area contributed by atoms with Crippen LogP contribution in [0, 0.1) is 0 Å². The average Bonchev–Trinajstić information content (AvgIpc) is 2.32. The molecular formula is C13H14Cl2N2. The van der Waals surface area contributed by atoms with E-state index in [-0.39, 0.29) is 0 Å². The highest BCUT2D eigenvalue weighted by Crippen LogP contribution is 2.23. The summed E-state index contributed by atoms with van der Waals surface area (Å²) in [5.41, 5.74) is 1.03. The van der Waals surface area contributed by atoms with Crippen molar-refractivity contribution in [3.8, 4) is 0 Å². The average molecular weight is 269 g/mol. The second-order valence-electron chi connectivity index (χ2n) is 4.02. The van der Waals surface area contributed by atoms with Crippen molar-refractivity contribution in [2.24, 2.45) is 4.99 Å². The van der Waals surface area contributed by atoms with E-state index in [2.05, 4.69) is 16.9 Å². The molecule has 0 radical (unpaired) electrons. The Bertz CT molecular complexity index is 466. The van der Waals surface area contributed by atoms with Gasteiger partial charge in [-0.25, -0.2) is 0 Å². The fourth-order valence-electron chi connectivity index (χ4n) is 1.70. The fraction of sp³-hybridized carbons (Fsp3) is 0.308. The zero-order valence-corrected chi connectivity index (χ0v) is 11.2. The van der Waals surface area contributed by atoms with Crippen molar-refractivity contribution < 1.29 is 0 Å². The molecule has 1 aromatic carbocycles. The highest BCUT2D eigenvalue weighted by atomic mass is 35.5. The summed E-state index contributed by atoms with van der Waals surface area (Å²) in [5.74, 6) is 1.02. The third-order valence-corrected chi connectivity index (χ3v) is 3.42. The predicted molar refractivity (Wildman–Crippen MR) is 75.0 cm³/mol. The minimum absolute atomic E-state index is 0.577. The molecule has 2 nitrogen and oxygen atoms in total. The van der Waals surface area contributed by atoms with Gasteiger partial charge >= 0.3 is 0 Å². The molecule has 0 fully saturated rings. The van der Waals surface area contributed by atoms with E-state index >= 15 is 0 Å². The van der Waals surface area contributed by atoms with E-state index in [1.807, 2.05) is 24.3 Å². The molecular weight excluding hydrogens is 255 g/mol. The maximum atomic E-state index is 5.96. The maximum Gasteiger partial charge on any atom is 0.123 e. The second-order valence-corrected chi connectivity index (χ2v) is 4.84. The number of aliphatic imine (C=N–C) groups is 1. The largest absolute Gasteiger partial charge is 0.360 e. The topological polar surface area (TPSA) is 15.6 Å². The third kappa shape index (κ3) is 3.24. The van der Waals surface area contributed by atoms with Gasteiger partial charge in [-0.1, -0.05) is 35.3 Å². The Balaban J connectivity index is 2.14. The molecule has 0 saturated heterocycles. The molecule has 4 heteroatoms. The first kappa shape index (κ1) is 12.5. The predicted octanol–water partition coefficient (Wildman–Crippen LogP) is 3.74. The van der Waals surface area contributed by atoms with Crippen LogP contribution in [0.2, 0.25) is 10.0 Å². The van der Waals surface area contributed by atoms with Crippen LogP contribution in [-0.4, -0.2) is 30.9 Å². The van der Waals surface area contributed by atoms with Gasteiger partial charge in [0.05, 0.1) is 10.0 Å². The minimum Gasteiger partial charge on any atom is -0.360 e. The van der Waals surface area contributed by atoms with E-state index in [1.54, 1.807) is 6.07 Å². The van der Waals surface area contributed by atoms with Crippen molar-refractivity contribution in [3.05, 3.63) is 39.9 Å². The summed E-state index contributed by atoms with van der Waals surface area (Å²) in [5, 5.41) is 1.16. The van der Waals surface area contributed by atoms with Gasteiger partial charge in [-0.15, -0.1) is 0 Å². The third-order valence-electron chi connectivity index (χ3n) is 2.69. The highest BCUT2D eigenvalue weighted by molar-refractivity contribution is 6.42. The van der Waals surface area contributed by atoms with Crippen molar-refractivity contribution in [1.82, 2.24) is 4.90 Å². The molecule has 0 aromatic heterocycles. The number of hydrogen-bond donors (Lipinski definition) is 0. The van der Waals surface area contributed by atoms with E-state index < -0.39 is 0 Å². The van der Waals surface area contributed by atoms with Gasteiger partial charge < -0.3 is 4.90 Å². The molecule has 0 aliphatic carbocycles. The van der Waals surface area contributed by atoms with Crippen LogP contribution in [0.15, 0.2) is 29.3 Å². The van der Waals surface area contributed by atoms with Crippen LogP contribution in [-0.2, 0) is 0 Å². The van der Waals surface area contributed by atoms with Crippen molar-refractivity contribution >= 4 is 35.1 Å². The summed E-state index contributed by atoms with van der Waals surface area (Å²) in [7, 11) is 2.05. The quantitative estimate of drug-likeness (QED) is 0.798. The van der Waals surface area contributed by atoms with Gasteiger partial charge in [0.1, 0.15) is 5.84 Å². The van der Waals surface area contributed by atoms with Gasteiger partial charge in [0.25, 0.3) is 0 Å². The van der Waals surface area contributed by atoms with Gasteiger partial charge in [0, 0.05) is 20.1 Å². The molecule has 17 heavy (non-hydrogen) atoms. The molecule has 0 amide bonds. The Morgan fingerprint density at radius 3 is 2.76 bits per heavy atom. The Morgan fingerprint density at radius 1 is 1.24 bits per heavy atom. The summed E-state index contributed by atoms with van der Waals surface area (Å²) in [6, 6.07) is 5.59. The van der Waals surface area contributed by atoms with Crippen LogP contribution >= 0.6 is 23.2 Å². The SMILES string of the molecule is CN1CCCN=C1/C=C\c1ccc(Cl)c(Cl)c1. The first-order chi connectivity index (χ1) is 8.16. The van der Waals surface area contributed by atoms with Crippen LogP contribution < -0.4 is 0 Å². The summed E-state index contributed by atoms with van der Waals surface area (Å²) in [6.45, 7) is 1.97. The van der Waals surface area contributed by atoms with Crippen LogP contribution in [0.25, 0.3) is 6.08 Å². The van der Waals surface area contributed by atoms with Crippen molar-refractivity contribution in [2.45, 2.75) is 6.42 Å². The maximum absolute atomic E-state index is 5.96. The van der Waals surface area contributed by atoms with Gasteiger partial charge in [-0.2, -0.15) is 0 Å². The molecule has 1 aliphatic rings. The van der Waals surface area contributed by atoms with Crippen molar-refractivity contribution in [2.75, 3.05) is 20.1 Å². The van der Waals surface area contributed by atoms with Crippen LogP contribution in [0.1, 0.15) is 12.0 Å². The number of amidine groups is 1. The fourth-order valence-corrected chi connectivity index (χ4v) is 2.01. The minimum atomic E-state index is 0.577. The first-order valence-electron chi connectivity index (χ1n) is 5.55. The van der Waals surface area contributed by atoms with Crippen LogP contribution in [0.3, 0.4) is 0 Å². The molecule has 0 atom stereocenters. The van der Waals surface area contributed by atoms with Crippen molar-refractivity contribution in [1.29, 1.82) is 0 Å². The standard InChI is InChI=1S/C13H14Cl2N2/c1-17-8-2-7-16-13(17)6-4-10-3-5-11(14)12(15)9-10/h3-6,9H,2,7-8H2,1H3/b6-4-. The molecule has 0 bridgehead atoms. The smallest absolute Gasteiger partial charge is 0.123 e. The van der Waals surface area contributed by atoms with E-state index in [1.165, 1.54) is 0 Å². The molecule has 0 unspecified atom stereocenters. The van der Waals surface area contributed by atoms with Crippen LogP contribution in [0.4, 0.5) is 0 Å². The second kappa shape index (κ2) is 5.56. The number of benzene rings is 1. The molecule has 1 aliphatic heterocycles. The first-order valence-corrected chi connectivity index (χ1v) is 6.31. The lowest BCUT2D eigenvalue weighted by Gasteiger charge is -2.22. The Kier molecular flexibility index (Phi) is 4.08. The number of hydrogen-bond acceptors (Lipinski definition) is 2. The summed E-state index contributed by atoms with van der Waals surface area (Å²) in [6.07, 6.45) is 5.14. The lowest BCUT2D eigenvalue weighted by Crippen LogP contribution is -2.30. The Labute approximate surface area is 112 Å². The number of likely N-dealkylation sites (N-methyl/N-ethyl adjacent to an activating group) is 1. The number of rotatable bonds is 2. The van der Waals surface area contributed by atoms with E-state index in [9.17, 15) is 0 Å². The van der Waals surface area contributed by atoms with Crippen molar-refractivity contribution in [3.63, 3.8) is 0 Å². The van der Waals surface area contributed by atoms with Crippen LogP contribution in [0.5, 0.6) is 0 Å². The summed E-state index contributed by atoms with van der Waals surface area (Å²) in [4.78, 5) is 6.61. The van der Waals surface area contributed by atoms with E-state index in [4.69, 9.17) is 23.2 Å². The van der Waals surface area contributed by atoms with Gasteiger partial charge in [-0.05, 0) is 30.2 Å². The molecule has 1 aromatic rings. The Morgan fingerprint density at radius 2 is 2.06 bits per heavy atom. The lowest BCUT2D eigenvalue weighted by atomic mass is 10.2. The molecule has 0 N–H and O–H groups in total. The molecule has 2 rings (SSSR count). The summed E-state index contributed by atoms with van der Waals surface area (Å²) < 4.78 is 0. The van der Waals surface area contributed by atoms with Gasteiger partial charge in [-0.3, -0.25) is 4.99 Å². The normalized spacial score (nSPS) is 16.4. The Hall–Kier alpha value is -0.990. The van der Waals surface area contributed by atoms with E-state index in [0.29, 0.717) is 10.0 Å². The molecule has 0 spiro atoms. The van der Waals surface area contributed by atoms with Gasteiger partial charge in [0.2, 0.25) is 0 Å². The lowest BCUT2D eigenvalue weighted by molar-refractivity contribution is 0.470. The molecule has 1 heterocycles. The summed E-state index contributed by atoms with van der Waals surface area (Å²) >= 11 is 11.8. The number of halogens is 2. The molecule has 90 valence electrons. The van der Waals surface area contributed by atoms with E-state index in [0.717, 1.165) is 30.9 Å². The van der Waals surface area contributed by atoms with Gasteiger partial charge in [0.15, 0.2) is 0 Å².